The average Bonchev–Trinajstić information content (AvgIpc) is 2.74. The van der Waals surface area contributed by atoms with E-state index in [1.165, 1.54) is 17.7 Å². The van der Waals surface area contributed by atoms with Crippen molar-refractivity contribution in [1.82, 2.24) is 5.32 Å². The zero-order chi connectivity index (χ0) is 10.2. The van der Waals surface area contributed by atoms with Gasteiger partial charge < -0.3 is 5.32 Å². The van der Waals surface area contributed by atoms with E-state index < -0.39 is 0 Å². The van der Waals surface area contributed by atoms with Crippen molar-refractivity contribution in [3.8, 4) is 0 Å². The summed E-state index contributed by atoms with van der Waals surface area (Å²) < 4.78 is 0.896. The van der Waals surface area contributed by atoms with Crippen molar-refractivity contribution >= 4 is 22.9 Å². The van der Waals surface area contributed by atoms with Crippen LogP contribution in [0.1, 0.15) is 37.6 Å². The topological polar surface area (TPSA) is 12.0 Å². The van der Waals surface area contributed by atoms with Gasteiger partial charge in [-0.05, 0) is 36.9 Å². The van der Waals surface area contributed by atoms with Crippen molar-refractivity contribution in [3.05, 3.63) is 21.3 Å². The largest absolute Gasteiger partial charge is 0.309 e. The predicted octanol–water partition coefficient (Wildman–Crippen LogP) is 3.85. The lowest BCUT2D eigenvalue weighted by Crippen LogP contribution is -2.26. The van der Waals surface area contributed by atoms with E-state index >= 15 is 0 Å². The molecular weight excluding hydrogens is 214 g/mol. The van der Waals surface area contributed by atoms with Gasteiger partial charge >= 0.3 is 0 Å². The third-order valence-electron chi connectivity index (χ3n) is 3.02. The van der Waals surface area contributed by atoms with Crippen LogP contribution in [0.25, 0.3) is 0 Å². The summed E-state index contributed by atoms with van der Waals surface area (Å²) in [7, 11) is 0. The molecule has 0 aromatic carbocycles. The molecule has 2 rings (SSSR count). The van der Waals surface area contributed by atoms with E-state index in [9.17, 15) is 0 Å². The summed E-state index contributed by atoms with van der Waals surface area (Å²) in [4.78, 5) is 1.39. The highest BCUT2D eigenvalue weighted by atomic mass is 35.5. The van der Waals surface area contributed by atoms with Crippen molar-refractivity contribution in [2.24, 2.45) is 5.41 Å². The molecule has 0 spiro atoms. The number of rotatable bonds is 4. The minimum Gasteiger partial charge on any atom is -0.309 e. The molecule has 0 radical (unpaired) electrons. The van der Waals surface area contributed by atoms with Crippen LogP contribution >= 0.6 is 22.9 Å². The van der Waals surface area contributed by atoms with Gasteiger partial charge in [0.15, 0.2) is 0 Å². The van der Waals surface area contributed by atoms with Gasteiger partial charge in [-0.15, -0.1) is 11.3 Å². The van der Waals surface area contributed by atoms with E-state index in [1.807, 2.05) is 6.07 Å². The van der Waals surface area contributed by atoms with Gasteiger partial charge in [0.2, 0.25) is 0 Å². The molecule has 1 atom stereocenters. The lowest BCUT2D eigenvalue weighted by molar-refractivity contribution is 0.379. The van der Waals surface area contributed by atoms with Crippen LogP contribution in [-0.4, -0.2) is 6.54 Å². The quantitative estimate of drug-likeness (QED) is 0.827. The van der Waals surface area contributed by atoms with E-state index in [-0.39, 0.29) is 0 Å². The molecule has 78 valence electrons. The van der Waals surface area contributed by atoms with E-state index in [0.717, 1.165) is 10.9 Å². The molecule has 1 nitrogen and oxygen atoms in total. The Labute approximate surface area is 94.5 Å². The van der Waals surface area contributed by atoms with Crippen molar-refractivity contribution < 1.29 is 0 Å². The fraction of sp³-hybridized carbons (Fsp3) is 0.636. The molecule has 1 aromatic heterocycles. The molecule has 1 saturated carbocycles. The van der Waals surface area contributed by atoms with Crippen molar-refractivity contribution in [1.29, 1.82) is 0 Å². The van der Waals surface area contributed by atoms with Crippen LogP contribution in [0.5, 0.6) is 0 Å². The summed E-state index contributed by atoms with van der Waals surface area (Å²) in [5.74, 6) is 0. The molecule has 0 aliphatic heterocycles. The first kappa shape index (κ1) is 10.5. The van der Waals surface area contributed by atoms with Crippen molar-refractivity contribution in [3.63, 3.8) is 0 Å². The molecule has 0 amide bonds. The first-order chi connectivity index (χ1) is 6.65. The van der Waals surface area contributed by atoms with Crippen LogP contribution in [0.3, 0.4) is 0 Å². The predicted molar refractivity (Wildman–Crippen MR) is 63.1 cm³/mol. The smallest absolute Gasteiger partial charge is 0.0931 e. The van der Waals surface area contributed by atoms with Crippen molar-refractivity contribution in [2.75, 3.05) is 6.54 Å². The highest BCUT2D eigenvalue weighted by molar-refractivity contribution is 7.16. The van der Waals surface area contributed by atoms with Gasteiger partial charge in [-0.2, -0.15) is 0 Å². The normalized spacial score (nSPS) is 20.8. The summed E-state index contributed by atoms with van der Waals surface area (Å²) >= 11 is 7.67. The van der Waals surface area contributed by atoms with Crippen LogP contribution in [-0.2, 0) is 0 Å². The zero-order valence-electron chi connectivity index (χ0n) is 8.64. The Bertz CT molecular complexity index is 317. The lowest BCUT2D eigenvalue weighted by atomic mass is 9.97. The molecule has 1 unspecified atom stereocenters. The fourth-order valence-corrected chi connectivity index (χ4v) is 3.18. The Morgan fingerprint density at radius 2 is 2.29 bits per heavy atom. The molecule has 1 aliphatic carbocycles. The van der Waals surface area contributed by atoms with E-state index in [0.29, 0.717) is 11.5 Å². The molecule has 1 aliphatic rings. The van der Waals surface area contributed by atoms with Crippen LogP contribution in [0.15, 0.2) is 12.1 Å². The SMILES string of the molecule is CCNC(c1ccc(Cl)s1)C1(C)CC1. The molecule has 14 heavy (non-hydrogen) atoms. The first-order valence-electron chi connectivity index (χ1n) is 5.14. The van der Waals surface area contributed by atoms with Gasteiger partial charge in [0.25, 0.3) is 0 Å². The molecular formula is C11H16ClNS. The van der Waals surface area contributed by atoms with Crippen LogP contribution in [0.4, 0.5) is 0 Å². The Balaban J connectivity index is 2.18. The monoisotopic (exact) mass is 229 g/mol. The van der Waals surface area contributed by atoms with E-state index in [1.54, 1.807) is 11.3 Å². The number of halogens is 1. The van der Waals surface area contributed by atoms with Gasteiger partial charge in [-0.1, -0.05) is 25.4 Å². The summed E-state index contributed by atoms with van der Waals surface area (Å²) in [5, 5.41) is 3.57. The molecule has 0 saturated heterocycles. The van der Waals surface area contributed by atoms with Crippen LogP contribution < -0.4 is 5.32 Å². The highest BCUT2D eigenvalue weighted by Crippen LogP contribution is 2.55. The fourth-order valence-electron chi connectivity index (χ4n) is 1.86. The summed E-state index contributed by atoms with van der Waals surface area (Å²) in [5.41, 5.74) is 0.476. The minimum absolute atomic E-state index is 0.476. The molecule has 1 heterocycles. The van der Waals surface area contributed by atoms with Crippen LogP contribution in [0.2, 0.25) is 4.34 Å². The maximum atomic E-state index is 5.97. The Morgan fingerprint density at radius 1 is 1.57 bits per heavy atom. The maximum Gasteiger partial charge on any atom is 0.0931 e. The zero-order valence-corrected chi connectivity index (χ0v) is 10.2. The average molecular weight is 230 g/mol. The number of hydrogen-bond acceptors (Lipinski definition) is 2. The minimum atomic E-state index is 0.476. The number of thiophene rings is 1. The third-order valence-corrected chi connectivity index (χ3v) is 4.32. The standard InChI is InChI=1S/C11H16ClNS/c1-3-13-10(11(2)6-7-11)8-4-5-9(12)14-8/h4-5,10,13H,3,6-7H2,1-2H3. The summed E-state index contributed by atoms with van der Waals surface area (Å²) in [6.45, 7) is 5.54. The van der Waals surface area contributed by atoms with E-state index in [2.05, 4.69) is 25.2 Å². The Hall–Kier alpha value is -0.0500. The van der Waals surface area contributed by atoms with Gasteiger partial charge in [-0.3, -0.25) is 0 Å². The van der Waals surface area contributed by atoms with Crippen LogP contribution in [0, 0.1) is 5.41 Å². The van der Waals surface area contributed by atoms with Gasteiger partial charge in [0, 0.05) is 10.9 Å². The highest BCUT2D eigenvalue weighted by Gasteiger charge is 2.45. The summed E-state index contributed by atoms with van der Waals surface area (Å²) in [6.07, 6.45) is 2.67. The third kappa shape index (κ3) is 1.97. The maximum absolute atomic E-state index is 5.97. The molecule has 1 N–H and O–H groups in total. The summed E-state index contributed by atoms with van der Waals surface area (Å²) in [6, 6.07) is 4.66. The van der Waals surface area contributed by atoms with Gasteiger partial charge in [-0.25, -0.2) is 0 Å². The number of nitrogens with one attached hydrogen (secondary N) is 1. The number of hydrogen-bond donors (Lipinski definition) is 1. The molecule has 1 fully saturated rings. The van der Waals surface area contributed by atoms with E-state index in [4.69, 9.17) is 11.6 Å². The second-order valence-corrected chi connectivity index (χ2v) is 6.03. The lowest BCUT2D eigenvalue weighted by Gasteiger charge is -2.23. The Kier molecular flexibility index (Phi) is 2.87. The first-order valence-corrected chi connectivity index (χ1v) is 6.34. The molecule has 3 heteroatoms. The molecule has 1 aromatic rings. The Morgan fingerprint density at radius 3 is 2.71 bits per heavy atom. The van der Waals surface area contributed by atoms with Crippen molar-refractivity contribution in [2.45, 2.75) is 32.7 Å². The van der Waals surface area contributed by atoms with Gasteiger partial charge in [0.1, 0.15) is 0 Å². The second-order valence-electron chi connectivity index (χ2n) is 4.29. The molecule has 0 bridgehead atoms. The van der Waals surface area contributed by atoms with Gasteiger partial charge in [0.05, 0.1) is 4.34 Å². The second kappa shape index (κ2) is 3.84.